The molecular weight excluding hydrogens is 408 g/mol. The van der Waals surface area contributed by atoms with Gasteiger partial charge in [-0.05, 0) is 49.1 Å². The van der Waals surface area contributed by atoms with Gasteiger partial charge in [0.2, 0.25) is 0 Å². The van der Waals surface area contributed by atoms with Crippen LogP contribution in [0.2, 0.25) is 0 Å². The van der Waals surface area contributed by atoms with E-state index in [1.807, 2.05) is 36.7 Å². The maximum atomic E-state index is 10.0. The van der Waals surface area contributed by atoms with Gasteiger partial charge in [0.05, 0.1) is 6.10 Å². The molecule has 0 radical (unpaired) electrons. The van der Waals surface area contributed by atoms with Gasteiger partial charge in [0.15, 0.2) is 5.82 Å². The predicted molar refractivity (Wildman–Crippen MR) is 139 cm³/mol. The Labute approximate surface area is 202 Å². The van der Waals surface area contributed by atoms with Crippen LogP contribution in [0.5, 0.6) is 5.75 Å². The molecule has 0 aliphatic heterocycles. The average Bonchev–Trinajstić information content (AvgIpc) is 2.85. The third-order valence-electron chi connectivity index (χ3n) is 6.22. The second kappa shape index (κ2) is 17.5. The van der Waals surface area contributed by atoms with Crippen LogP contribution in [-0.2, 0) is 6.42 Å². The van der Waals surface area contributed by atoms with E-state index >= 15 is 0 Å². The lowest BCUT2D eigenvalue weighted by atomic mass is 10.0. The molecule has 4 heteroatoms. The van der Waals surface area contributed by atoms with E-state index in [0.717, 1.165) is 49.2 Å². The lowest BCUT2D eigenvalue weighted by Gasteiger charge is -2.12. The van der Waals surface area contributed by atoms with E-state index in [1.165, 1.54) is 69.8 Å². The topological polar surface area (TPSA) is 55.2 Å². The number of aromatic nitrogens is 2. The maximum Gasteiger partial charge on any atom is 0.159 e. The first kappa shape index (κ1) is 27.3. The number of hydrogen-bond acceptors (Lipinski definition) is 4. The van der Waals surface area contributed by atoms with Crippen LogP contribution >= 0.6 is 0 Å². The van der Waals surface area contributed by atoms with Gasteiger partial charge in [-0.1, -0.05) is 90.9 Å². The summed E-state index contributed by atoms with van der Waals surface area (Å²) in [4.78, 5) is 9.13. The molecule has 0 saturated carbocycles. The largest absolute Gasteiger partial charge is 0.491 e. The highest BCUT2D eigenvalue weighted by molar-refractivity contribution is 5.55. The number of hydrogen-bond donors (Lipinski definition) is 1. The summed E-state index contributed by atoms with van der Waals surface area (Å²) in [6.45, 7) is 4.78. The molecule has 33 heavy (non-hydrogen) atoms. The van der Waals surface area contributed by atoms with Crippen molar-refractivity contribution < 1.29 is 9.84 Å². The fourth-order valence-corrected chi connectivity index (χ4v) is 4.06. The van der Waals surface area contributed by atoms with Crippen LogP contribution in [0.4, 0.5) is 0 Å². The first-order valence-electron chi connectivity index (χ1n) is 13.4. The molecule has 1 atom stereocenters. The quantitative estimate of drug-likeness (QED) is 0.219. The van der Waals surface area contributed by atoms with E-state index in [9.17, 15) is 5.11 Å². The number of aliphatic hydroxyl groups is 1. The SMILES string of the molecule is CCCCCCCCCCCCc1cnc(-c2ccc(OC[C@H](O)CCCCC)cc2)nc1. The Kier molecular flexibility index (Phi) is 14.5. The third kappa shape index (κ3) is 12.2. The van der Waals surface area contributed by atoms with Crippen LogP contribution in [-0.4, -0.2) is 27.8 Å². The third-order valence-corrected chi connectivity index (χ3v) is 6.22. The number of nitrogens with zero attached hydrogens (tertiary/aromatic N) is 2. The van der Waals surface area contributed by atoms with Crippen LogP contribution < -0.4 is 4.74 Å². The van der Waals surface area contributed by atoms with Gasteiger partial charge >= 0.3 is 0 Å². The second-order valence-electron chi connectivity index (χ2n) is 9.33. The van der Waals surface area contributed by atoms with E-state index < -0.39 is 6.10 Å². The minimum Gasteiger partial charge on any atom is -0.491 e. The molecular formula is C29H46N2O2. The Balaban J connectivity index is 1.62. The van der Waals surface area contributed by atoms with Gasteiger partial charge in [-0.2, -0.15) is 0 Å². The molecule has 0 aliphatic rings. The standard InChI is InChI=1S/C29H46N2O2/c1-3-5-7-8-9-10-11-12-13-15-16-25-22-30-29(31-23-25)26-18-20-28(21-19-26)33-24-27(32)17-14-6-4-2/h18-23,27,32H,3-17,24H2,1-2H3/t27-/m1/s1. The van der Waals surface area contributed by atoms with Gasteiger partial charge in [-0.3, -0.25) is 0 Å². The molecule has 1 aromatic heterocycles. The van der Waals surface area contributed by atoms with Crippen LogP contribution in [0.25, 0.3) is 11.4 Å². The second-order valence-corrected chi connectivity index (χ2v) is 9.33. The summed E-state index contributed by atoms with van der Waals surface area (Å²) in [7, 11) is 0. The summed E-state index contributed by atoms with van der Waals surface area (Å²) in [5.41, 5.74) is 2.20. The Morgan fingerprint density at radius 2 is 1.27 bits per heavy atom. The molecule has 0 amide bonds. The molecule has 4 nitrogen and oxygen atoms in total. The summed E-state index contributed by atoms with van der Waals surface area (Å²) >= 11 is 0. The normalized spacial score (nSPS) is 12.1. The lowest BCUT2D eigenvalue weighted by Crippen LogP contribution is -2.17. The zero-order chi connectivity index (χ0) is 23.6. The summed E-state index contributed by atoms with van der Waals surface area (Å²) < 4.78 is 5.72. The average molecular weight is 455 g/mol. The summed E-state index contributed by atoms with van der Waals surface area (Å²) in [6.07, 6.45) is 22.3. The molecule has 1 N–H and O–H groups in total. The van der Waals surface area contributed by atoms with Gasteiger partial charge in [0.25, 0.3) is 0 Å². The fraction of sp³-hybridized carbons (Fsp3) is 0.655. The highest BCUT2D eigenvalue weighted by Gasteiger charge is 2.06. The Morgan fingerprint density at radius 3 is 1.88 bits per heavy atom. The Bertz CT molecular complexity index is 715. The lowest BCUT2D eigenvalue weighted by molar-refractivity contribution is 0.0976. The van der Waals surface area contributed by atoms with E-state index in [0.29, 0.717) is 6.61 Å². The van der Waals surface area contributed by atoms with Crippen molar-refractivity contribution in [3.63, 3.8) is 0 Å². The van der Waals surface area contributed by atoms with Gasteiger partial charge in [0.1, 0.15) is 12.4 Å². The molecule has 0 spiro atoms. The number of ether oxygens (including phenoxy) is 1. The van der Waals surface area contributed by atoms with Crippen LogP contribution in [0.15, 0.2) is 36.7 Å². The van der Waals surface area contributed by atoms with Crippen LogP contribution in [0.1, 0.15) is 109 Å². The van der Waals surface area contributed by atoms with Crippen molar-refractivity contribution in [1.82, 2.24) is 9.97 Å². The van der Waals surface area contributed by atoms with Crippen molar-refractivity contribution in [3.8, 4) is 17.1 Å². The monoisotopic (exact) mass is 454 g/mol. The van der Waals surface area contributed by atoms with Gasteiger partial charge in [-0.15, -0.1) is 0 Å². The van der Waals surface area contributed by atoms with Crippen molar-refractivity contribution >= 4 is 0 Å². The molecule has 0 saturated heterocycles. The number of rotatable bonds is 19. The number of benzene rings is 1. The molecule has 1 heterocycles. The zero-order valence-electron chi connectivity index (χ0n) is 21.1. The van der Waals surface area contributed by atoms with Crippen molar-refractivity contribution in [2.24, 2.45) is 0 Å². The highest BCUT2D eigenvalue weighted by Crippen LogP contribution is 2.20. The number of unbranched alkanes of at least 4 members (excludes halogenated alkanes) is 11. The van der Waals surface area contributed by atoms with Crippen LogP contribution in [0, 0.1) is 0 Å². The predicted octanol–water partition coefficient (Wildman–Crippen LogP) is 7.93. The summed E-state index contributed by atoms with van der Waals surface area (Å²) in [5.74, 6) is 1.51. The van der Waals surface area contributed by atoms with Gasteiger partial charge in [-0.25, -0.2) is 9.97 Å². The van der Waals surface area contributed by atoms with Gasteiger partial charge < -0.3 is 9.84 Å². The molecule has 0 bridgehead atoms. The minimum absolute atomic E-state index is 0.340. The van der Waals surface area contributed by atoms with E-state index in [-0.39, 0.29) is 0 Å². The number of aliphatic hydroxyl groups excluding tert-OH is 1. The number of aryl methyl sites for hydroxylation is 1. The molecule has 0 fully saturated rings. The molecule has 0 aliphatic carbocycles. The van der Waals surface area contributed by atoms with E-state index in [1.54, 1.807) is 0 Å². The molecule has 0 unspecified atom stereocenters. The Morgan fingerprint density at radius 1 is 0.727 bits per heavy atom. The van der Waals surface area contributed by atoms with E-state index in [2.05, 4.69) is 23.8 Å². The molecule has 184 valence electrons. The van der Waals surface area contributed by atoms with Crippen molar-refractivity contribution in [3.05, 3.63) is 42.2 Å². The minimum atomic E-state index is -0.400. The summed E-state index contributed by atoms with van der Waals surface area (Å²) in [6, 6.07) is 7.82. The van der Waals surface area contributed by atoms with Crippen molar-refractivity contribution in [2.75, 3.05) is 6.61 Å². The van der Waals surface area contributed by atoms with Crippen molar-refractivity contribution in [2.45, 2.75) is 116 Å². The highest BCUT2D eigenvalue weighted by atomic mass is 16.5. The van der Waals surface area contributed by atoms with Crippen LogP contribution in [0.3, 0.4) is 0 Å². The molecule has 1 aromatic carbocycles. The first-order chi connectivity index (χ1) is 16.2. The zero-order valence-corrected chi connectivity index (χ0v) is 21.1. The first-order valence-corrected chi connectivity index (χ1v) is 13.4. The van der Waals surface area contributed by atoms with Gasteiger partial charge in [0, 0.05) is 18.0 Å². The van der Waals surface area contributed by atoms with Crippen molar-refractivity contribution in [1.29, 1.82) is 0 Å². The van der Waals surface area contributed by atoms with E-state index in [4.69, 9.17) is 4.74 Å². The summed E-state index contributed by atoms with van der Waals surface area (Å²) in [5, 5.41) is 10.0. The molecule has 2 rings (SSSR count). The molecule has 2 aromatic rings. The smallest absolute Gasteiger partial charge is 0.159 e. The Hall–Kier alpha value is -1.94. The maximum absolute atomic E-state index is 10.0. The fourth-order valence-electron chi connectivity index (χ4n) is 4.06.